The number of hydrogen-bond acceptors (Lipinski definition) is 4. The van der Waals surface area contributed by atoms with Crippen LogP contribution in [0.3, 0.4) is 0 Å². The van der Waals surface area contributed by atoms with Crippen molar-refractivity contribution in [3.63, 3.8) is 0 Å². The highest BCUT2D eigenvalue weighted by molar-refractivity contribution is 5.69. The van der Waals surface area contributed by atoms with E-state index >= 15 is 4.39 Å². The van der Waals surface area contributed by atoms with E-state index in [0.717, 1.165) is 16.9 Å². The highest BCUT2D eigenvalue weighted by Crippen LogP contribution is 2.42. The van der Waals surface area contributed by atoms with Crippen molar-refractivity contribution >= 4 is 12.2 Å². The van der Waals surface area contributed by atoms with Crippen LogP contribution in [0.25, 0.3) is 17.8 Å². The Kier molecular flexibility index (Phi) is 5.22. The number of rotatable bonds is 5. The number of aromatic nitrogens is 5. The molecule has 1 atom stereocenters. The summed E-state index contributed by atoms with van der Waals surface area (Å²) < 4.78 is 65.4. The number of aryl methyl sites for hydroxylation is 1. The number of halogens is 4. The largest absolute Gasteiger partial charge is 0.495 e. The van der Waals surface area contributed by atoms with Crippen molar-refractivity contribution in [1.29, 1.82) is 0 Å². The lowest BCUT2D eigenvalue weighted by molar-refractivity contribution is 0.213. The average molecular weight is 469 g/mol. The average Bonchev–Trinajstić information content (AvgIpc) is 3.53. The zero-order valence-corrected chi connectivity index (χ0v) is 18.3. The summed E-state index contributed by atoms with van der Waals surface area (Å²) in [6.45, 7) is 2.09. The summed E-state index contributed by atoms with van der Waals surface area (Å²) in [5.74, 6) is -3.61. The molecule has 0 saturated heterocycles. The Morgan fingerprint density at radius 2 is 1.82 bits per heavy atom. The molecule has 0 unspecified atom stereocenters. The topological polar surface area (TPSA) is 57.8 Å². The molecule has 4 aromatic rings. The molecule has 34 heavy (non-hydrogen) atoms. The minimum Gasteiger partial charge on any atom is -0.495 e. The van der Waals surface area contributed by atoms with E-state index in [0.29, 0.717) is 23.7 Å². The third-order valence-corrected chi connectivity index (χ3v) is 5.87. The lowest BCUT2D eigenvalue weighted by Crippen LogP contribution is -2.20. The van der Waals surface area contributed by atoms with E-state index in [9.17, 15) is 13.2 Å². The number of imidazole rings is 1. The van der Waals surface area contributed by atoms with Gasteiger partial charge in [-0.25, -0.2) is 22.5 Å². The molecular weight excluding hydrogens is 450 g/mol. The molecule has 0 amide bonds. The molecule has 0 saturated carbocycles. The standard InChI is InChI=1S/C24H19F4N5O/c1-14-12-32(13-29-14)19-5-3-15(9-20(19)34-2)4-6-21-30-31-23-24(28,7-8-33(21)23)16-10-17(25)22(27)18(26)11-16/h3-6,9-13H,7-8H2,1-2H3/t24-/m1/s1. The molecule has 0 spiro atoms. The van der Waals surface area contributed by atoms with Crippen molar-refractivity contribution in [3.8, 4) is 11.4 Å². The van der Waals surface area contributed by atoms with Crippen LogP contribution in [0.1, 0.15) is 34.9 Å². The van der Waals surface area contributed by atoms with Crippen molar-refractivity contribution in [1.82, 2.24) is 24.3 Å². The van der Waals surface area contributed by atoms with Crippen LogP contribution in [0, 0.1) is 24.4 Å². The third kappa shape index (κ3) is 3.55. The summed E-state index contributed by atoms with van der Waals surface area (Å²) in [6.07, 6.45) is 6.93. The number of benzene rings is 2. The van der Waals surface area contributed by atoms with Crippen molar-refractivity contribution in [3.05, 3.63) is 88.8 Å². The van der Waals surface area contributed by atoms with E-state index in [1.54, 1.807) is 25.6 Å². The Morgan fingerprint density at radius 1 is 1.06 bits per heavy atom. The number of hydrogen-bond donors (Lipinski definition) is 0. The lowest BCUT2D eigenvalue weighted by Gasteiger charge is -2.18. The minimum absolute atomic E-state index is 0.0824. The molecule has 1 aliphatic rings. The second-order valence-electron chi connectivity index (χ2n) is 8.03. The second kappa shape index (κ2) is 8.12. The van der Waals surface area contributed by atoms with Gasteiger partial charge in [0.2, 0.25) is 0 Å². The molecule has 5 rings (SSSR count). The molecule has 3 heterocycles. The monoisotopic (exact) mass is 469 g/mol. The van der Waals surface area contributed by atoms with Gasteiger partial charge >= 0.3 is 0 Å². The summed E-state index contributed by atoms with van der Waals surface area (Å²) in [5.41, 5.74) is -0.101. The van der Waals surface area contributed by atoms with Crippen LogP contribution in [0.5, 0.6) is 5.75 Å². The first-order valence-corrected chi connectivity index (χ1v) is 10.4. The molecule has 0 fully saturated rings. The maximum atomic E-state index is 15.8. The predicted molar refractivity (Wildman–Crippen MR) is 117 cm³/mol. The van der Waals surface area contributed by atoms with Crippen LogP contribution in [-0.4, -0.2) is 31.4 Å². The van der Waals surface area contributed by atoms with Crippen LogP contribution < -0.4 is 4.74 Å². The fourth-order valence-electron chi connectivity index (χ4n) is 4.12. The van der Waals surface area contributed by atoms with Gasteiger partial charge in [0, 0.05) is 24.7 Å². The molecule has 0 aliphatic carbocycles. The summed E-state index contributed by atoms with van der Waals surface area (Å²) in [5, 5.41) is 7.95. The molecule has 0 bridgehead atoms. The fraction of sp³-hybridized carbons (Fsp3) is 0.208. The van der Waals surface area contributed by atoms with Gasteiger partial charge in [-0.05, 0) is 42.8 Å². The number of nitrogens with zero attached hydrogens (tertiary/aromatic N) is 5. The molecule has 0 N–H and O–H groups in total. The van der Waals surface area contributed by atoms with Crippen LogP contribution >= 0.6 is 0 Å². The van der Waals surface area contributed by atoms with Crippen molar-refractivity contribution in [2.45, 2.75) is 25.6 Å². The molecule has 0 radical (unpaired) electrons. The maximum absolute atomic E-state index is 15.8. The SMILES string of the molecule is COc1cc(C=Cc2nnc3n2CC[C@@]3(F)c2cc(F)c(F)c(F)c2)ccc1-n1cnc(C)c1. The summed E-state index contributed by atoms with van der Waals surface area (Å²) >= 11 is 0. The Morgan fingerprint density at radius 3 is 2.50 bits per heavy atom. The Balaban J connectivity index is 1.44. The van der Waals surface area contributed by atoms with Gasteiger partial charge in [0.25, 0.3) is 0 Å². The molecule has 1 aliphatic heterocycles. The van der Waals surface area contributed by atoms with Crippen LogP contribution in [0.4, 0.5) is 17.6 Å². The first-order valence-electron chi connectivity index (χ1n) is 10.4. The Hall–Kier alpha value is -3.95. The number of fused-ring (bicyclic) bond motifs is 1. The maximum Gasteiger partial charge on any atom is 0.197 e. The zero-order valence-electron chi connectivity index (χ0n) is 18.3. The summed E-state index contributed by atoms with van der Waals surface area (Å²) in [6, 6.07) is 6.93. The molecule has 2 aromatic carbocycles. The van der Waals surface area contributed by atoms with Gasteiger partial charge < -0.3 is 13.9 Å². The highest BCUT2D eigenvalue weighted by atomic mass is 19.2. The smallest absolute Gasteiger partial charge is 0.197 e. The predicted octanol–water partition coefficient (Wildman–Crippen LogP) is 4.99. The van der Waals surface area contributed by atoms with Crippen molar-refractivity contribution in [2.24, 2.45) is 0 Å². The van der Waals surface area contributed by atoms with Gasteiger partial charge in [0.1, 0.15) is 5.75 Å². The van der Waals surface area contributed by atoms with E-state index in [1.807, 2.05) is 35.9 Å². The van der Waals surface area contributed by atoms with E-state index in [1.165, 1.54) is 4.57 Å². The highest BCUT2D eigenvalue weighted by Gasteiger charge is 2.45. The number of alkyl halides is 1. The van der Waals surface area contributed by atoms with Gasteiger partial charge in [-0.2, -0.15) is 0 Å². The first kappa shape index (κ1) is 21.9. The minimum atomic E-state index is -2.28. The van der Waals surface area contributed by atoms with Gasteiger partial charge in [0.15, 0.2) is 34.8 Å². The molecule has 6 nitrogen and oxygen atoms in total. The Labute approximate surface area is 192 Å². The normalized spacial score (nSPS) is 17.5. The molecular formula is C24H19F4N5O. The fourth-order valence-corrected chi connectivity index (χ4v) is 4.12. The van der Waals surface area contributed by atoms with Gasteiger partial charge in [-0.3, -0.25) is 0 Å². The van der Waals surface area contributed by atoms with Crippen LogP contribution in [-0.2, 0) is 12.2 Å². The number of ether oxygens (including phenoxy) is 1. The van der Waals surface area contributed by atoms with Gasteiger partial charge in [0.05, 0.1) is 24.8 Å². The second-order valence-corrected chi connectivity index (χ2v) is 8.03. The van der Waals surface area contributed by atoms with E-state index < -0.39 is 23.1 Å². The number of methoxy groups -OCH3 is 1. The first-order chi connectivity index (χ1) is 16.3. The van der Waals surface area contributed by atoms with E-state index in [-0.39, 0.29) is 24.4 Å². The third-order valence-electron chi connectivity index (χ3n) is 5.87. The van der Waals surface area contributed by atoms with Crippen molar-refractivity contribution in [2.75, 3.05) is 7.11 Å². The quantitative estimate of drug-likeness (QED) is 0.305. The Bertz CT molecular complexity index is 1400. The zero-order chi connectivity index (χ0) is 24.0. The van der Waals surface area contributed by atoms with E-state index in [2.05, 4.69) is 15.2 Å². The lowest BCUT2D eigenvalue weighted by atomic mass is 9.93. The summed E-state index contributed by atoms with van der Waals surface area (Å²) in [7, 11) is 1.57. The van der Waals surface area contributed by atoms with E-state index in [4.69, 9.17) is 4.74 Å². The van der Waals surface area contributed by atoms with Crippen LogP contribution in [0.2, 0.25) is 0 Å². The van der Waals surface area contributed by atoms with Crippen LogP contribution in [0.15, 0.2) is 42.9 Å². The summed E-state index contributed by atoms with van der Waals surface area (Å²) in [4.78, 5) is 4.23. The molecule has 2 aromatic heterocycles. The molecule has 174 valence electrons. The van der Waals surface area contributed by atoms with Gasteiger partial charge in [-0.1, -0.05) is 12.1 Å². The van der Waals surface area contributed by atoms with Crippen molar-refractivity contribution < 1.29 is 22.3 Å². The van der Waals surface area contributed by atoms with Gasteiger partial charge in [-0.15, -0.1) is 10.2 Å². The molecule has 10 heteroatoms.